The van der Waals surface area contributed by atoms with Gasteiger partial charge in [-0.25, -0.2) is 4.79 Å². The average molecular weight is 477 g/mol. The molecule has 3 N–H and O–H groups in total. The van der Waals surface area contributed by atoms with Crippen LogP contribution in [-0.4, -0.2) is 33.9 Å². The highest BCUT2D eigenvalue weighted by molar-refractivity contribution is 5.93. The summed E-state index contributed by atoms with van der Waals surface area (Å²) in [5, 5.41) is 20.9. The van der Waals surface area contributed by atoms with E-state index >= 15 is 0 Å². The van der Waals surface area contributed by atoms with Crippen molar-refractivity contribution in [1.29, 1.82) is 0 Å². The smallest absolute Gasteiger partial charge is 0.342 e. The number of rotatable bonds is 9. The highest BCUT2D eigenvalue weighted by Crippen LogP contribution is 2.42. The lowest BCUT2D eigenvalue weighted by molar-refractivity contribution is -0.120. The number of phenolic OH excluding ortho intramolecular Hbond substituents is 1. The quantitative estimate of drug-likeness (QED) is 0.365. The van der Waals surface area contributed by atoms with Crippen LogP contribution in [0.2, 0.25) is 0 Å². The molecule has 2 aromatic carbocycles. The molecule has 8 nitrogen and oxygen atoms in total. The molecule has 1 aliphatic rings. The number of ether oxygens (including phenoxy) is 1. The van der Waals surface area contributed by atoms with Crippen LogP contribution >= 0.6 is 0 Å². The summed E-state index contributed by atoms with van der Waals surface area (Å²) in [6.45, 7) is 4.33. The molecular weight excluding hydrogens is 444 g/mol. The zero-order chi connectivity index (χ0) is 24.9. The van der Waals surface area contributed by atoms with Crippen LogP contribution in [-0.2, 0) is 11.3 Å². The van der Waals surface area contributed by atoms with Gasteiger partial charge < -0.3 is 20.5 Å². The average Bonchev–Trinajstić information content (AvgIpc) is 3.63. The molecule has 1 aromatic heterocycles. The number of carbonyl (C=O) groups excluding carboxylic acids is 2. The van der Waals surface area contributed by atoms with Crippen molar-refractivity contribution in [2.24, 2.45) is 5.92 Å². The van der Waals surface area contributed by atoms with Crippen LogP contribution in [0, 0.1) is 5.92 Å². The van der Waals surface area contributed by atoms with E-state index in [0.29, 0.717) is 23.5 Å². The van der Waals surface area contributed by atoms with Crippen molar-refractivity contribution in [3.8, 4) is 22.8 Å². The number of aromatic nitrogens is 2. The predicted octanol–water partition coefficient (Wildman–Crippen LogP) is 5.27. The van der Waals surface area contributed by atoms with Gasteiger partial charge in [0, 0.05) is 29.6 Å². The molecule has 0 spiro atoms. The summed E-state index contributed by atoms with van der Waals surface area (Å²) >= 11 is 0. The van der Waals surface area contributed by atoms with Crippen LogP contribution in [0.5, 0.6) is 11.5 Å². The van der Waals surface area contributed by atoms with E-state index in [1.54, 1.807) is 19.2 Å². The topological polar surface area (TPSA) is 105 Å². The fourth-order valence-corrected chi connectivity index (χ4v) is 4.08. The molecular formula is C27H32N4O4. The Kier molecular flexibility index (Phi) is 7.39. The fourth-order valence-electron chi connectivity index (χ4n) is 4.08. The number of anilines is 1. The third kappa shape index (κ3) is 5.65. The minimum atomic E-state index is -0.327. The number of carbonyl (C=O) groups is 2. The lowest BCUT2D eigenvalue weighted by Gasteiger charge is -2.13. The Balaban J connectivity index is 1.55. The second-order valence-electron chi connectivity index (χ2n) is 8.88. The van der Waals surface area contributed by atoms with Gasteiger partial charge in [0.25, 0.3) is 0 Å². The summed E-state index contributed by atoms with van der Waals surface area (Å²) in [5.74, 6) is 0.945. The van der Waals surface area contributed by atoms with Crippen molar-refractivity contribution >= 4 is 17.6 Å². The second-order valence-corrected chi connectivity index (χ2v) is 8.88. The number of hydrogen-bond acceptors (Lipinski definition) is 5. The summed E-state index contributed by atoms with van der Waals surface area (Å²) in [6, 6.07) is 13.9. The van der Waals surface area contributed by atoms with E-state index in [1.165, 1.54) is 10.7 Å². The Bertz CT molecular complexity index is 1190. The Labute approximate surface area is 205 Å². The molecule has 0 bridgehead atoms. The number of nitrogens with zero attached hydrogens (tertiary/aromatic N) is 2. The predicted molar refractivity (Wildman–Crippen MR) is 135 cm³/mol. The fraction of sp³-hybridized carbons (Fsp3) is 0.370. The zero-order valence-corrected chi connectivity index (χ0v) is 20.4. The zero-order valence-electron chi connectivity index (χ0n) is 20.4. The van der Waals surface area contributed by atoms with E-state index in [9.17, 15) is 14.7 Å². The van der Waals surface area contributed by atoms with Gasteiger partial charge in [-0.3, -0.25) is 4.79 Å². The summed E-state index contributed by atoms with van der Waals surface area (Å²) < 4.78 is 6.57. The van der Waals surface area contributed by atoms with Crippen molar-refractivity contribution in [3.63, 3.8) is 0 Å². The van der Waals surface area contributed by atoms with Gasteiger partial charge in [-0.05, 0) is 67.6 Å². The van der Waals surface area contributed by atoms with Gasteiger partial charge >= 0.3 is 6.03 Å². The first kappa shape index (κ1) is 24.3. The maximum atomic E-state index is 13.0. The Morgan fingerprint density at radius 1 is 1.11 bits per heavy atom. The van der Waals surface area contributed by atoms with E-state index in [2.05, 4.69) is 15.7 Å². The maximum absolute atomic E-state index is 13.0. The normalized spacial score (nSPS) is 13.0. The first-order chi connectivity index (χ1) is 16.9. The largest absolute Gasteiger partial charge is 0.507 e. The third-order valence-corrected chi connectivity index (χ3v) is 6.42. The van der Waals surface area contributed by atoms with Crippen LogP contribution < -0.4 is 15.4 Å². The molecule has 1 heterocycles. The molecule has 2 amide bonds. The molecule has 0 aliphatic heterocycles. The number of amides is 2. The van der Waals surface area contributed by atoms with Crippen LogP contribution in [0.15, 0.2) is 48.5 Å². The molecule has 8 heteroatoms. The number of aromatic hydroxyl groups is 1. The molecule has 0 atom stereocenters. The minimum Gasteiger partial charge on any atom is -0.507 e. The van der Waals surface area contributed by atoms with Crippen LogP contribution in [0.1, 0.15) is 56.7 Å². The highest BCUT2D eigenvalue weighted by Gasteiger charge is 2.31. The van der Waals surface area contributed by atoms with Crippen LogP contribution in [0.4, 0.5) is 10.5 Å². The van der Waals surface area contributed by atoms with Crippen molar-refractivity contribution < 1.29 is 19.4 Å². The summed E-state index contributed by atoms with van der Waals surface area (Å²) in [5.41, 5.74) is 3.30. The Morgan fingerprint density at radius 3 is 2.46 bits per heavy atom. The van der Waals surface area contributed by atoms with E-state index in [4.69, 9.17) is 4.74 Å². The third-order valence-electron chi connectivity index (χ3n) is 6.42. The second kappa shape index (κ2) is 10.6. The van der Waals surface area contributed by atoms with Gasteiger partial charge in [0.05, 0.1) is 18.5 Å². The summed E-state index contributed by atoms with van der Waals surface area (Å²) in [4.78, 5) is 25.5. The van der Waals surface area contributed by atoms with Gasteiger partial charge in [0.2, 0.25) is 5.91 Å². The number of phenols is 1. The number of nitrogens with one attached hydrogen (secondary N) is 2. The summed E-state index contributed by atoms with van der Waals surface area (Å²) in [7, 11) is 1.61. The molecule has 35 heavy (non-hydrogen) atoms. The van der Waals surface area contributed by atoms with Gasteiger partial charge in [-0.15, -0.1) is 0 Å². The molecule has 1 fully saturated rings. The molecule has 3 aromatic rings. The maximum Gasteiger partial charge on any atom is 0.342 e. The van der Waals surface area contributed by atoms with Crippen LogP contribution in [0.25, 0.3) is 11.3 Å². The summed E-state index contributed by atoms with van der Waals surface area (Å²) in [6.07, 6.45) is 3.50. The Hall–Kier alpha value is -3.81. The lowest BCUT2D eigenvalue weighted by atomic mass is 10.0. The van der Waals surface area contributed by atoms with E-state index in [0.717, 1.165) is 42.7 Å². The van der Waals surface area contributed by atoms with Crippen molar-refractivity contribution in [2.75, 3.05) is 12.4 Å². The molecule has 0 radical (unpaired) electrons. The van der Waals surface area contributed by atoms with Gasteiger partial charge in [0.15, 0.2) is 0 Å². The number of hydrogen-bond donors (Lipinski definition) is 3. The van der Waals surface area contributed by atoms with E-state index in [-0.39, 0.29) is 29.5 Å². The Morgan fingerprint density at radius 2 is 1.83 bits per heavy atom. The van der Waals surface area contributed by atoms with Crippen molar-refractivity contribution in [1.82, 2.24) is 15.1 Å². The molecule has 1 saturated carbocycles. The van der Waals surface area contributed by atoms with Crippen molar-refractivity contribution in [3.05, 3.63) is 59.8 Å². The molecule has 0 saturated heterocycles. The van der Waals surface area contributed by atoms with Gasteiger partial charge in [-0.1, -0.05) is 26.0 Å². The van der Waals surface area contributed by atoms with Crippen LogP contribution in [0.3, 0.4) is 0 Å². The van der Waals surface area contributed by atoms with Gasteiger partial charge in [0.1, 0.15) is 11.5 Å². The highest BCUT2D eigenvalue weighted by atomic mass is 16.5. The monoisotopic (exact) mass is 476 g/mol. The number of benzene rings is 2. The number of methoxy groups -OCH3 is 1. The van der Waals surface area contributed by atoms with E-state index in [1.807, 2.05) is 44.2 Å². The van der Waals surface area contributed by atoms with Gasteiger partial charge in [-0.2, -0.15) is 9.78 Å². The lowest BCUT2D eigenvalue weighted by Crippen LogP contribution is -2.30. The molecule has 184 valence electrons. The van der Waals surface area contributed by atoms with Crippen molar-refractivity contribution in [2.45, 2.75) is 52.0 Å². The molecule has 4 rings (SSSR count). The SMILES string of the molecule is CCC(CC)C(=O)Nc1ccc(O)c(-c2cc(C3CC3)n(C(=O)NCc3ccc(OC)cc3)n2)c1. The first-order valence-corrected chi connectivity index (χ1v) is 12.1. The molecule has 0 unspecified atom stereocenters. The minimum absolute atomic E-state index is 0.0381. The van der Waals surface area contributed by atoms with E-state index < -0.39 is 0 Å². The molecule has 1 aliphatic carbocycles. The first-order valence-electron chi connectivity index (χ1n) is 12.1. The standard InChI is InChI=1S/C27H32N4O4/c1-4-18(5-2)26(33)29-20-10-13-25(32)22(14-20)23-15-24(19-8-9-19)31(30-23)27(34)28-16-17-6-11-21(35-3)12-7-17/h6-7,10-15,18-19,32H,4-5,8-9,16H2,1-3H3,(H,28,34)(H,29,33).